The normalized spacial score (nSPS) is 26.9. The minimum Gasteiger partial charge on any atom is -0.506 e. The summed E-state index contributed by atoms with van der Waals surface area (Å²) in [5.41, 5.74) is 0.785. The van der Waals surface area contributed by atoms with Crippen LogP contribution >= 0.6 is 0 Å². The Labute approximate surface area is 164 Å². The third kappa shape index (κ3) is 4.03. The zero-order valence-electron chi connectivity index (χ0n) is 16.0. The van der Waals surface area contributed by atoms with Gasteiger partial charge in [-0.25, -0.2) is 4.98 Å². The van der Waals surface area contributed by atoms with E-state index in [1.807, 2.05) is 24.3 Å². The summed E-state index contributed by atoms with van der Waals surface area (Å²) in [7, 11) is 1.65. The number of aromatic nitrogens is 1. The van der Waals surface area contributed by atoms with Crippen molar-refractivity contribution in [2.24, 2.45) is 11.8 Å². The third-order valence-corrected chi connectivity index (χ3v) is 6.00. The molecule has 0 spiro atoms. The van der Waals surface area contributed by atoms with Crippen LogP contribution in [0.4, 0.5) is 0 Å². The van der Waals surface area contributed by atoms with Crippen LogP contribution in [0.5, 0.6) is 11.5 Å². The van der Waals surface area contributed by atoms with Crippen molar-refractivity contribution in [3.63, 3.8) is 0 Å². The first kappa shape index (κ1) is 18.9. The molecule has 1 aliphatic carbocycles. The van der Waals surface area contributed by atoms with E-state index >= 15 is 0 Å². The van der Waals surface area contributed by atoms with Gasteiger partial charge in [0.05, 0.1) is 25.5 Å². The number of fused-ring (bicyclic) bond motifs is 1. The first-order chi connectivity index (χ1) is 13.4. The van der Waals surface area contributed by atoms with Crippen LogP contribution in [0.2, 0.25) is 0 Å². The van der Waals surface area contributed by atoms with Gasteiger partial charge in [0.15, 0.2) is 5.78 Å². The molecule has 6 nitrogen and oxygen atoms in total. The number of nitrogens with zero attached hydrogens (tertiary/aromatic N) is 2. The lowest BCUT2D eigenvalue weighted by molar-refractivity contribution is 0.0355. The molecule has 2 aliphatic rings. The van der Waals surface area contributed by atoms with E-state index in [0.29, 0.717) is 30.5 Å². The van der Waals surface area contributed by atoms with Crippen molar-refractivity contribution in [2.45, 2.75) is 24.9 Å². The van der Waals surface area contributed by atoms with Crippen LogP contribution in [-0.4, -0.2) is 58.2 Å². The lowest BCUT2D eigenvalue weighted by atomic mass is 9.91. The average Bonchev–Trinajstić information content (AvgIpc) is 3.16. The van der Waals surface area contributed by atoms with Crippen molar-refractivity contribution < 1.29 is 19.7 Å². The maximum Gasteiger partial charge on any atom is 0.195 e. The maximum atomic E-state index is 12.4. The Morgan fingerprint density at radius 2 is 2.00 bits per heavy atom. The third-order valence-electron chi connectivity index (χ3n) is 6.00. The lowest BCUT2D eigenvalue weighted by Crippen LogP contribution is -2.34. The van der Waals surface area contributed by atoms with Crippen LogP contribution in [0, 0.1) is 11.8 Å². The Balaban J connectivity index is 1.33. The number of pyridine rings is 1. The molecule has 3 atom stereocenters. The van der Waals surface area contributed by atoms with Crippen molar-refractivity contribution >= 4 is 5.78 Å². The minimum atomic E-state index is -0.684. The van der Waals surface area contributed by atoms with Crippen LogP contribution in [0.25, 0.3) is 0 Å². The molecule has 28 heavy (non-hydrogen) atoms. The van der Waals surface area contributed by atoms with Gasteiger partial charge in [0, 0.05) is 19.5 Å². The Hall–Kier alpha value is -2.44. The summed E-state index contributed by atoms with van der Waals surface area (Å²) in [6.45, 7) is 1.99. The molecular formula is C22H26N2O4. The predicted octanol–water partition coefficient (Wildman–Crippen LogP) is 2.29. The van der Waals surface area contributed by atoms with Gasteiger partial charge in [-0.2, -0.15) is 0 Å². The summed E-state index contributed by atoms with van der Waals surface area (Å²) in [5.74, 6) is 1.66. The summed E-state index contributed by atoms with van der Waals surface area (Å²) < 4.78 is 5.28. The first-order valence-electron chi connectivity index (χ1n) is 9.70. The van der Waals surface area contributed by atoms with E-state index in [-0.39, 0.29) is 11.5 Å². The highest BCUT2D eigenvalue weighted by Crippen LogP contribution is 2.45. The second-order valence-electron chi connectivity index (χ2n) is 8.20. The summed E-state index contributed by atoms with van der Waals surface area (Å²) in [4.78, 5) is 18.6. The maximum absolute atomic E-state index is 12.4. The van der Waals surface area contributed by atoms with Gasteiger partial charge >= 0.3 is 0 Å². The first-order valence-corrected chi connectivity index (χ1v) is 9.70. The topological polar surface area (TPSA) is 82.9 Å². The van der Waals surface area contributed by atoms with E-state index in [1.54, 1.807) is 13.2 Å². The number of methoxy groups -OCH3 is 1. The summed E-state index contributed by atoms with van der Waals surface area (Å²) in [6.07, 6.45) is 3.45. The van der Waals surface area contributed by atoms with E-state index in [9.17, 15) is 15.0 Å². The van der Waals surface area contributed by atoms with E-state index in [4.69, 9.17) is 4.74 Å². The number of rotatable bonds is 6. The molecule has 2 heterocycles. The number of carbonyl (C=O) groups excluding carboxylic acids is 1. The number of aliphatic hydroxyl groups is 1. The molecule has 6 heteroatoms. The highest BCUT2D eigenvalue weighted by molar-refractivity contribution is 5.95. The van der Waals surface area contributed by atoms with Crippen LogP contribution < -0.4 is 4.74 Å². The number of hydrogen-bond acceptors (Lipinski definition) is 6. The van der Waals surface area contributed by atoms with Crippen molar-refractivity contribution in [1.82, 2.24) is 9.88 Å². The smallest absolute Gasteiger partial charge is 0.195 e. The molecule has 0 bridgehead atoms. The molecule has 2 N–H and O–H groups in total. The van der Waals surface area contributed by atoms with Crippen molar-refractivity contribution in [2.75, 3.05) is 26.7 Å². The zero-order valence-corrected chi connectivity index (χ0v) is 16.0. The number of carbonyl (C=O) groups is 1. The monoisotopic (exact) mass is 382 g/mol. The van der Waals surface area contributed by atoms with E-state index < -0.39 is 5.60 Å². The van der Waals surface area contributed by atoms with Gasteiger partial charge in [-0.15, -0.1) is 0 Å². The number of ether oxygens (including phenoxy) is 1. The van der Waals surface area contributed by atoms with E-state index in [0.717, 1.165) is 37.2 Å². The molecule has 2 aromatic rings. The quantitative estimate of drug-likeness (QED) is 0.746. The Morgan fingerprint density at radius 3 is 2.64 bits per heavy atom. The van der Waals surface area contributed by atoms with Gasteiger partial charge in [-0.3, -0.25) is 9.69 Å². The van der Waals surface area contributed by atoms with Gasteiger partial charge in [0.2, 0.25) is 0 Å². The largest absolute Gasteiger partial charge is 0.506 e. The molecular weight excluding hydrogens is 356 g/mol. The van der Waals surface area contributed by atoms with Crippen LogP contribution in [0.15, 0.2) is 42.6 Å². The molecule has 0 unspecified atom stereocenters. The highest BCUT2D eigenvalue weighted by Gasteiger charge is 2.48. The van der Waals surface area contributed by atoms with Gasteiger partial charge in [0.25, 0.3) is 0 Å². The number of aromatic hydroxyl groups is 1. The molecule has 0 radical (unpaired) electrons. The Bertz CT molecular complexity index is 838. The molecule has 1 saturated carbocycles. The number of Topliss-reactive ketones (excluding diaryl/α,β-unsaturated/α-hetero) is 1. The van der Waals surface area contributed by atoms with E-state index in [2.05, 4.69) is 9.88 Å². The molecule has 2 fully saturated rings. The standard InChI is InChI=1S/C22H26N2O4/c1-28-19-4-2-3-15(7-19)8-22(27)9-16-12-24(13-17(16)10-22)14-21(26)20-6-5-18(25)11-23-20/h2-7,11,16-17,25,27H,8-10,12-14H2,1H3/t16-,17+,22+. The molecule has 4 rings (SSSR count). The number of benzene rings is 1. The number of likely N-dealkylation sites (tertiary alicyclic amines) is 1. The molecule has 1 aromatic heterocycles. The lowest BCUT2D eigenvalue weighted by Gasteiger charge is -2.26. The Morgan fingerprint density at radius 1 is 1.25 bits per heavy atom. The predicted molar refractivity (Wildman–Crippen MR) is 105 cm³/mol. The van der Waals surface area contributed by atoms with Crippen LogP contribution in [-0.2, 0) is 6.42 Å². The Kier molecular flexibility index (Phi) is 5.08. The number of hydrogen-bond donors (Lipinski definition) is 2. The van der Waals surface area contributed by atoms with Crippen molar-refractivity contribution in [1.29, 1.82) is 0 Å². The van der Waals surface area contributed by atoms with Crippen LogP contribution in [0.1, 0.15) is 28.9 Å². The molecule has 1 aliphatic heterocycles. The summed E-state index contributed by atoms with van der Waals surface area (Å²) in [6, 6.07) is 10.9. The van der Waals surface area contributed by atoms with Gasteiger partial charge < -0.3 is 14.9 Å². The van der Waals surface area contributed by atoms with Crippen molar-refractivity contribution in [3.8, 4) is 11.5 Å². The fourth-order valence-corrected chi connectivity index (χ4v) is 4.83. The molecule has 0 amide bonds. The SMILES string of the molecule is COc1cccc(C[C@@]2(O)C[C@H]3CN(CC(=O)c4ccc(O)cn4)C[C@H]3C2)c1. The fourth-order valence-electron chi connectivity index (χ4n) is 4.83. The second-order valence-corrected chi connectivity index (χ2v) is 8.20. The van der Waals surface area contributed by atoms with Crippen LogP contribution in [0.3, 0.4) is 0 Å². The zero-order chi connectivity index (χ0) is 19.7. The summed E-state index contributed by atoms with van der Waals surface area (Å²) in [5, 5.41) is 20.4. The van der Waals surface area contributed by atoms with E-state index in [1.165, 1.54) is 12.3 Å². The van der Waals surface area contributed by atoms with Gasteiger partial charge in [-0.05, 0) is 54.5 Å². The molecule has 148 valence electrons. The average molecular weight is 382 g/mol. The molecule has 1 saturated heterocycles. The minimum absolute atomic E-state index is 0.0355. The summed E-state index contributed by atoms with van der Waals surface area (Å²) >= 11 is 0. The fraction of sp³-hybridized carbons (Fsp3) is 0.455. The van der Waals surface area contributed by atoms with Gasteiger partial charge in [-0.1, -0.05) is 12.1 Å². The number of ketones is 1. The highest BCUT2D eigenvalue weighted by atomic mass is 16.5. The van der Waals surface area contributed by atoms with Gasteiger partial charge in [0.1, 0.15) is 17.2 Å². The second kappa shape index (κ2) is 7.53. The molecule has 1 aromatic carbocycles. The van der Waals surface area contributed by atoms with Crippen molar-refractivity contribution in [3.05, 3.63) is 53.9 Å².